The molecule has 0 aliphatic rings. The highest BCUT2D eigenvalue weighted by Crippen LogP contribution is 2.33. The molecule has 0 bridgehead atoms. The summed E-state index contributed by atoms with van der Waals surface area (Å²) in [5, 5.41) is 13.5. The third-order valence-electron chi connectivity index (χ3n) is 4.04. The highest BCUT2D eigenvalue weighted by molar-refractivity contribution is 5.79. The largest absolute Gasteiger partial charge is 0.433 e. The first-order valence-electron chi connectivity index (χ1n) is 7.82. The molecule has 4 aromatic heterocycles. The molecular weight excluding hydrogens is 357 g/mol. The fourth-order valence-electron chi connectivity index (χ4n) is 2.84. The van der Waals surface area contributed by atoms with E-state index in [9.17, 15) is 18.4 Å². The van der Waals surface area contributed by atoms with Gasteiger partial charge in [0.05, 0.1) is 11.9 Å². The number of halogens is 3. The molecule has 27 heavy (non-hydrogen) atoms. The summed E-state index contributed by atoms with van der Waals surface area (Å²) in [6.07, 6.45) is 0.316. The standard InChI is InChI=1S/C18H11F3N6/c1-26-10-13(11-5-6-16-23-8-12(7-22)27(16)9-11)17(25-26)14-3-2-4-15(24-14)18(19,20)21/h2-6,8-10H,1H3. The molecule has 0 aliphatic heterocycles. The van der Waals surface area contributed by atoms with Gasteiger partial charge in [-0.1, -0.05) is 6.07 Å². The van der Waals surface area contributed by atoms with Crippen LogP contribution in [-0.2, 0) is 13.2 Å². The van der Waals surface area contributed by atoms with Crippen LogP contribution in [0, 0.1) is 11.3 Å². The average molecular weight is 368 g/mol. The Balaban J connectivity index is 1.89. The van der Waals surface area contributed by atoms with Crippen molar-refractivity contribution in [2.45, 2.75) is 6.18 Å². The molecule has 134 valence electrons. The molecule has 0 saturated heterocycles. The molecule has 0 atom stereocenters. The number of nitrogens with zero attached hydrogens (tertiary/aromatic N) is 6. The summed E-state index contributed by atoms with van der Waals surface area (Å²) in [4.78, 5) is 7.86. The summed E-state index contributed by atoms with van der Waals surface area (Å²) in [5.41, 5.74) is 1.69. The van der Waals surface area contributed by atoms with Gasteiger partial charge < -0.3 is 0 Å². The number of pyridine rings is 2. The van der Waals surface area contributed by atoms with Crippen molar-refractivity contribution in [2.24, 2.45) is 7.05 Å². The predicted octanol–water partition coefficient (Wildman–Crippen LogP) is 3.69. The molecule has 4 rings (SSSR count). The minimum atomic E-state index is -4.54. The number of aromatic nitrogens is 5. The van der Waals surface area contributed by atoms with Gasteiger partial charge in [0.25, 0.3) is 0 Å². The van der Waals surface area contributed by atoms with Crippen LogP contribution >= 0.6 is 0 Å². The lowest BCUT2D eigenvalue weighted by atomic mass is 10.1. The van der Waals surface area contributed by atoms with Crippen LogP contribution < -0.4 is 0 Å². The monoisotopic (exact) mass is 368 g/mol. The number of hydrogen-bond donors (Lipinski definition) is 0. The van der Waals surface area contributed by atoms with E-state index in [1.54, 1.807) is 36.0 Å². The van der Waals surface area contributed by atoms with Gasteiger partial charge in [-0.05, 0) is 24.3 Å². The third-order valence-corrected chi connectivity index (χ3v) is 4.04. The van der Waals surface area contributed by atoms with Crippen molar-refractivity contribution in [3.63, 3.8) is 0 Å². The number of alkyl halides is 3. The Morgan fingerprint density at radius 3 is 2.67 bits per heavy atom. The van der Waals surface area contributed by atoms with Gasteiger partial charge in [0.1, 0.15) is 28.8 Å². The van der Waals surface area contributed by atoms with Crippen LogP contribution in [0.15, 0.2) is 48.9 Å². The quantitative estimate of drug-likeness (QED) is 0.541. The van der Waals surface area contributed by atoms with E-state index in [1.807, 2.05) is 6.07 Å². The van der Waals surface area contributed by atoms with Crippen LogP contribution in [0.2, 0.25) is 0 Å². The van der Waals surface area contributed by atoms with E-state index in [2.05, 4.69) is 15.1 Å². The second kappa shape index (κ2) is 5.95. The fourth-order valence-corrected chi connectivity index (χ4v) is 2.84. The van der Waals surface area contributed by atoms with Gasteiger partial charge in [-0.25, -0.2) is 9.97 Å². The summed E-state index contributed by atoms with van der Waals surface area (Å²) >= 11 is 0. The van der Waals surface area contributed by atoms with E-state index in [0.717, 1.165) is 6.07 Å². The van der Waals surface area contributed by atoms with Gasteiger partial charge in [-0.15, -0.1) is 0 Å². The molecule has 0 N–H and O–H groups in total. The first-order chi connectivity index (χ1) is 12.9. The van der Waals surface area contributed by atoms with Crippen molar-refractivity contribution >= 4 is 5.65 Å². The molecule has 4 aromatic rings. The summed E-state index contributed by atoms with van der Waals surface area (Å²) in [7, 11) is 1.68. The zero-order valence-electron chi connectivity index (χ0n) is 13.9. The molecule has 0 spiro atoms. The Labute approximate surface area is 151 Å². The summed E-state index contributed by atoms with van der Waals surface area (Å²) in [6, 6.07) is 9.26. The van der Waals surface area contributed by atoms with E-state index < -0.39 is 11.9 Å². The fraction of sp³-hybridized carbons (Fsp3) is 0.111. The maximum Gasteiger partial charge on any atom is 0.433 e. The molecule has 0 unspecified atom stereocenters. The maximum atomic E-state index is 13.0. The molecule has 0 amide bonds. The second-order valence-electron chi connectivity index (χ2n) is 5.87. The Kier molecular flexibility index (Phi) is 3.70. The molecule has 0 aromatic carbocycles. The Hall–Kier alpha value is -3.67. The minimum Gasteiger partial charge on any atom is -0.291 e. The first kappa shape index (κ1) is 16.8. The van der Waals surface area contributed by atoms with Crippen LogP contribution in [0.4, 0.5) is 13.2 Å². The van der Waals surface area contributed by atoms with E-state index >= 15 is 0 Å². The molecule has 0 saturated carbocycles. The van der Waals surface area contributed by atoms with Crippen molar-refractivity contribution in [1.29, 1.82) is 5.26 Å². The van der Waals surface area contributed by atoms with E-state index in [0.29, 0.717) is 28.2 Å². The summed E-state index contributed by atoms with van der Waals surface area (Å²) < 4.78 is 42.1. The van der Waals surface area contributed by atoms with Crippen LogP contribution in [0.1, 0.15) is 11.4 Å². The maximum absolute atomic E-state index is 13.0. The molecular formula is C18H11F3N6. The van der Waals surface area contributed by atoms with E-state index in [4.69, 9.17) is 0 Å². The number of nitriles is 1. The average Bonchev–Trinajstić information content (AvgIpc) is 3.23. The minimum absolute atomic E-state index is 0.117. The molecule has 9 heteroatoms. The van der Waals surface area contributed by atoms with Crippen molar-refractivity contribution < 1.29 is 13.2 Å². The molecule has 0 fully saturated rings. The van der Waals surface area contributed by atoms with Crippen LogP contribution in [0.5, 0.6) is 0 Å². The van der Waals surface area contributed by atoms with Gasteiger partial charge in [-0.3, -0.25) is 9.08 Å². The lowest BCUT2D eigenvalue weighted by Gasteiger charge is -2.08. The topological polar surface area (TPSA) is 71.8 Å². The van der Waals surface area contributed by atoms with Gasteiger partial charge in [-0.2, -0.15) is 23.5 Å². The van der Waals surface area contributed by atoms with Crippen molar-refractivity contribution in [1.82, 2.24) is 24.1 Å². The number of hydrogen-bond acceptors (Lipinski definition) is 4. The molecule has 4 heterocycles. The van der Waals surface area contributed by atoms with Gasteiger partial charge in [0, 0.05) is 30.6 Å². The van der Waals surface area contributed by atoms with Gasteiger partial charge in [0.15, 0.2) is 0 Å². The van der Waals surface area contributed by atoms with Crippen molar-refractivity contribution in [2.75, 3.05) is 0 Å². The van der Waals surface area contributed by atoms with Gasteiger partial charge in [0.2, 0.25) is 0 Å². The SMILES string of the molecule is Cn1cc(-c2ccc3ncc(C#N)n3c2)c(-c2cccc(C(F)(F)F)n2)n1. The molecule has 6 nitrogen and oxygen atoms in total. The lowest BCUT2D eigenvalue weighted by molar-refractivity contribution is -0.141. The van der Waals surface area contributed by atoms with Crippen LogP contribution in [-0.4, -0.2) is 24.1 Å². The Bertz CT molecular complexity index is 1200. The van der Waals surface area contributed by atoms with E-state index in [1.165, 1.54) is 23.0 Å². The van der Waals surface area contributed by atoms with Gasteiger partial charge >= 0.3 is 6.18 Å². The number of imidazole rings is 1. The van der Waals surface area contributed by atoms with Crippen molar-refractivity contribution in [3.05, 3.63) is 60.3 Å². The Morgan fingerprint density at radius 1 is 1.11 bits per heavy atom. The normalized spacial score (nSPS) is 11.7. The Morgan fingerprint density at radius 2 is 1.93 bits per heavy atom. The third kappa shape index (κ3) is 2.91. The highest BCUT2D eigenvalue weighted by atomic mass is 19.4. The van der Waals surface area contributed by atoms with Crippen molar-refractivity contribution in [3.8, 4) is 28.6 Å². The number of fused-ring (bicyclic) bond motifs is 1. The number of aryl methyl sites for hydroxylation is 1. The predicted molar refractivity (Wildman–Crippen MR) is 90.3 cm³/mol. The van der Waals surface area contributed by atoms with E-state index in [-0.39, 0.29) is 5.69 Å². The first-order valence-corrected chi connectivity index (χ1v) is 7.82. The second-order valence-corrected chi connectivity index (χ2v) is 5.87. The smallest absolute Gasteiger partial charge is 0.291 e. The number of rotatable bonds is 2. The van der Waals surface area contributed by atoms with Crippen LogP contribution in [0.3, 0.4) is 0 Å². The molecule has 0 radical (unpaired) electrons. The zero-order chi connectivity index (χ0) is 19.2. The zero-order valence-corrected chi connectivity index (χ0v) is 13.9. The molecule has 0 aliphatic carbocycles. The summed E-state index contributed by atoms with van der Waals surface area (Å²) in [5.74, 6) is 0. The lowest BCUT2D eigenvalue weighted by Crippen LogP contribution is -2.08. The summed E-state index contributed by atoms with van der Waals surface area (Å²) in [6.45, 7) is 0. The highest BCUT2D eigenvalue weighted by Gasteiger charge is 2.32. The van der Waals surface area contributed by atoms with Crippen LogP contribution in [0.25, 0.3) is 28.2 Å².